The van der Waals surface area contributed by atoms with Gasteiger partial charge in [0.15, 0.2) is 0 Å². The number of nitrogens with zero attached hydrogens (tertiary/aromatic N) is 1. The van der Waals surface area contributed by atoms with Crippen LogP contribution in [-0.4, -0.2) is 28.8 Å². The minimum absolute atomic E-state index is 0.0182. The van der Waals surface area contributed by atoms with E-state index in [0.29, 0.717) is 12.0 Å². The summed E-state index contributed by atoms with van der Waals surface area (Å²) in [6.45, 7) is 5.66. The van der Waals surface area contributed by atoms with Gasteiger partial charge in [0.2, 0.25) is 11.8 Å². The molecule has 28 heavy (non-hydrogen) atoms. The second-order valence-electron chi connectivity index (χ2n) is 7.09. The molecule has 2 amide bonds. The Morgan fingerprint density at radius 2 is 1.68 bits per heavy atom. The monoisotopic (exact) mass is 384 g/mol. The molecule has 1 N–H and O–H groups in total. The minimum Gasteiger partial charge on any atom is -0.352 e. The zero-order valence-electron chi connectivity index (χ0n) is 16.8. The summed E-state index contributed by atoms with van der Waals surface area (Å²) in [5, 5.41) is 2.91. The van der Waals surface area contributed by atoms with Crippen molar-refractivity contribution in [3.63, 3.8) is 0 Å². The van der Waals surface area contributed by atoms with E-state index in [4.69, 9.17) is 0 Å². The normalized spacial score (nSPS) is 12.9. The average Bonchev–Trinajstić information content (AvgIpc) is 2.71. The van der Waals surface area contributed by atoms with Crippen LogP contribution < -0.4 is 5.32 Å². The van der Waals surface area contributed by atoms with Gasteiger partial charge in [-0.15, -0.1) is 0 Å². The first-order valence-electron chi connectivity index (χ1n) is 9.79. The fraction of sp³-hybridized carbons (Fsp3) is 0.391. The molecule has 0 aliphatic rings. The number of hydrogen-bond acceptors (Lipinski definition) is 2. The van der Waals surface area contributed by atoms with Crippen LogP contribution in [0.1, 0.15) is 44.7 Å². The number of carbonyl (C=O) groups excluding carboxylic acids is 2. The molecule has 0 heterocycles. The van der Waals surface area contributed by atoms with Crippen LogP contribution in [0.3, 0.4) is 0 Å². The molecule has 2 rings (SSSR count). The third-order valence-corrected chi connectivity index (χ3v) is 4.94. The predicted molar refractivity (Wildman–Crippen MR) is 109 cm³/mol. The van der Waals surface area contributed by atoms with E-state index >= 15 is 0 Å². The first-order valence-corrected chi connectivity index (χ1v) is 9.79. The number of hydrogen-bond donors (Lipinski definition) is 1. The van der Waals surface area contributed by atoms with Crippen molar-refractivity contribution in [3.05, 3.63) is 71.5 Å². The van der Waals surface area contributed by atoms with Crippen molar-refractivity contribution < 1.29 is 14.0 Å². The zero-order chi connectivity index (χ0) is 20.5. The molecule has 0 aromatic heterocycles. The average molecular weight is 384 g/mol. The van der Waals surface area contributed by atoms with Crippen LogP contribution >= 0.6 is 0 Å². The van der Waals surface area contributed by atoms with Crippen molar-refractivity contribution in [1.82, 2.24) is 10.2 Å². The highest BCUT2D eigenvalue weighted by Gasteiger charge is 2.27. The summed E-state index contributed by atoms with van der Waals surface area (Å²) in [7, 11) is 0. The van der Waals surface area contributed by atoms with Gasteiger partial charge in [0.25, 0.3) is 0 Å². The van der Waals surface area contributed by atoms with Crippen molar-refractivity contribution >= 4 is 11.8 Å². The van der Waals surface area contributed by atoms with Crippen molar-refractivity contribution in [2.24, 2.45) is 0 Å². The lowest BCUT2D eigenvalue weighted by Gasteiger charge is -2.30. The standard InChI is InChI=1S/C23H29FN2O2/c1-4-17(2)25-23(28)18(3)26(16-20-12-8-9-13-21(20)24)22(27)15-14-19-10-6-5-7-11-19/h5-13,17-18H,4,14-16H2,1-3H3,(H,25,28)/t17-,18-/m1/s1. The molecular weight excluding hydrogens is 355 g/mol. The topological polar surface area (TPSA) is 49.4 Å². The van der Waals surface area contributed by atoms with E-state index in [0.717, 1.165) is 12.0 Å². The van der Waals surface area contributed by atoms with E-state index < -0.39 is 6.04 Å². The van der Waals surface area contributed by atoms with E-state index in [9.17, 15) is 14.0 Å². The lowest BCUT2D eigenvalue weighted by atomic mass is 10.1. The van der Waals surface area contributed by atoms with Gasteiger partial charge in [0.05, 0.1) is 0 Å². The number of aryl methyl sites for hydroxylation is 1. The second-order valence-corrected chi connectivity index (χ2v) is 7.09. The molecular formula is C23H29FN2O2. The summed E-state index contributed by atoms with van der Waals surface area (Å²) in [5.74, 6) is -0.768. The SMILES string of the molecule is CC[C@@H](C)NC(=O)[C@@H](C)N(Cc1ccccc1F)C(=O)CCc1ccccc1. The van der Waals surface area contributed by atoms with Gasteiger partial charge < -0.3 is 10.2 Å². The molecule has 5 heteroatoms. The van der Waals surface area contributed by atoms with Gasteiger partial charge in [-0.25, -0.2) is 4.39 Å². The Morgan fingerprint density at radius 1 is 1.04 bits per heavy atom. The summed E-state index contributed by atoms with van der Waals surface area (Å²) in [5.41, 5.74) is 1.46. The molecule has 0 saturated heterocycles. The van der Waals surface area contributed by atoms with E-state index in [2.05, 4.69) is 5.32 Å². The van der Waals surface area contributed by atoms with Gasteiger partial charge in [-0.05, 0) is 38.3 Å². The van der Waals surface area contributed by atoms with Crippen LogP contribution in [0.25, 0.3) is 0 Å². The minimum atomic E-state index is -0.683. The molecule has 2 atom stereocenters. The Hall–Kier alpha value is -2.69. The number of nitrogens with one attached hydrogen (secondary N) is 1. The Balaban J connectivity index is 2.15. The molecule has 0 spiro atoms. The zero-order valence-corrected chi connectivity index (χ0v) is 16.8. The molecule has 0 unspecified atom stereocenters. The molecule has 0 aliphatic carbocycles. The fourth-order valence-electron chi connectivity index (χ4n) is 2.90. The summed E-state index contributed by atoms with van der Waals surface area (Å²) in [6, 6.07) is 15.4. The highest BCUT2D eigenvalue weighted by molar-refractivity contribution is 5.87. The van der Waals surface area contributed by atoms with Crippen LogP contribution in [0.4, 0.5) is 4.39 Å². The van der Waals surface area contributed by atoms with Gasteiger partial charge in [-0.2, -0.15) is 0 Å². The van der Waals surface area contributed by atoms with Crippen molar-refractivity contribution in [1.29, 1.82) is 0 Å². The number of carbonyl (C=O) groups is 2. The maximum absolute atomic E-state index is 14.2. The van der Waals surface area contributed by atoms with Crippen molar-refractivity contribution in [3.8, 4) is 0 Å². The van der Waals surface area contributed by atoms with Gasteiger partial charge in [-0.3, -0.25) is 9.59 Å². The fourth-order valence-corrected chi connectivity index (χ4v) is 2.90. The number of benzene rings is 2. The highest BCUT2D eigenvalue weighted by atomic mass is 19.1. The van der Waals surface area contributed by atoms with Gasteiger partial charge in [-0.1, -0.05) is 55.5 Å². The van der Waals surface area contributed by atoms with E-state index in [1.165, 1.54) is 11.0 Å². The Bertz CT molecular complexity index is 779. The van der Waals surface area contributed by atoms with Crippen LogP contribution in [0, 0.1) is 5.82 Å². The Labute approximate surface area is 166 Å². The first kappa shape index (κ1) is 21.6. The quantitative estimate of drug-likeness (QED) is 0.708. The maximum Gasteiger partial charge on any atom is 0.242 e. The predicted octanol–water partition coefficient (Wildman–Crippen LogP) is 4.09. The summed E-state index contributed by atoms with van der Waals surface area (Å²) in [6.07, 6.45) is 1.64. The third-order valence-electron chi connectivity index (χ3n) is 4.94. The second kappa shape index (κ2) is 10.6. The maximum atomic E-state index is 14.2. The van der Waals surface area contributed by atoms with Gasteiger partial charge in [0, 0.05) is 24.6 Å². The lowest BCUT2D eigenvalue weighted by Crippen LogP contribution is -2.49. The Kier molecular flexibility index (Phi) is 8.18. The van der Waals surface area contributed by atoms with Crippen LogP contribution in [-0.2, 0) is 22.6 Å². The van der Waals surface area contributed by atoms with Crippen LogP contribution in [0.5, 0.6) is 0 Å². The molecule has 150 valence electrons. The number of halogens is 1. The van der Waals surface area contributed by atoms with Crippen LogP contribution in [0.2, 0.25) is 0 Å². The molecule has 0 aliphatic heterocycles. The molecule has 0 radical (unpaired) electrons. The molecule has 2 aromatic carbocycles. The van der Waals surface area contributed by atoms with Gasteiger partial charge in [0.1, 0.15) is 11.9 Å². The van der Waals surface area contributed by atoms with E-state index in [1.54, 1.807) is 25.1 Å². The number of rotatable bonds is 9. The van der Waals surface area contributed by atoms with Crippen LogP contribution in [0.15, 0.2) is 54.6 Å². The van der Waals surface area contributed by atoms with Crippen molar-refractivity contribution in [2.75, 3.05) is 0 Å². The molecule has 0 saturated carbocycles. The van der Waals surface area contributed by atoms with Gasteiger partial charge >= 0.3 is 0 Å². The largest absolute Gasteiger partial charge is 0.352 e. The molecule has 0 bridgehead atoms. The first-order chi connectivity index (χ1) is 13.4. The molecule has 2 aromatic rings. The summed E-state index contributed by atoms with van der Waals surface area (Å²) in [4.78, 5) is 27.0. The van der Waals surface area contributed by atoms with E-state index in [1.807, 2.05) is 44.2 Å². The lowest BCUT2D eigenvalue weighted by molar-refractivity contribution is -0.140. The Morgan fingerprint density at radius 3 is 2.32 bits per heavy atom. The molecule has 0 fully saturated rings. The number of amides is 2. The summed E-state index contributed by atoms with van der Waals surface area (Å²) < 4.78 is 14.2. The van der Waals surface area contributed by atoms with Crippen molar-refractivity contribution in [2.45, 2.75) is 58.7 Å². The smallest absolute Gasteiger partial charge is 0.242 e. The highest BCUT2D eigenvalue weighted by Crippen LogP contribution is 2.15. The third kappa shape index (κ3) is 6.19. The summed E-state index contributed by atoms with van der Waals surface area (Å²) >= 11 is 0. The van der Waals surface area contributed by atoms with E-state index in [-0.39, 0.29) is 36.6 Å². The molecule has 4 nitrogen and oxygen atoms in total.